The molecule has 6 heteroatoms. The zero-order chi connectivity index (χ0) is 19.5. The van der Waals surface area contributed by atoms with Gasteiger partial charge in [0.15, 0.2) is 0 Å². The van der Waals surface area contributed by atoms with E-state index in [0.29, 0.717) is 6.54 Å². The molecule has 0 bridgehead atoms. The maximum Gasteiger partial charge on any atom is 0.241 e. The molecule has 4 rings (SSSR count). The Morgan fingerprint density at radius 1 is 1.21 bits per heavy atom. The molecule has 1 fully saturated rings. The highest BCUT2D eigenvalue weighted by Crippen LogP contribution is 2.22. The number of rotatable bonds is 5. The number of hydrogen-bond acceptors (Lipinski definition) is 4. The Balaban J connectivity index is 1.44. The molecule has 3 heterocycles. The third kappa shape index (κ3) is 4.02. The summed E-state index contributed by atoms with van der Waals surface area (Å²) in [6.07, 6.45) is 4.74. The van der Waals surface area contributed by atoms with Crippen LogP contribution in [0.2, 0.25) is 0 Å². The second-order valence-corrected chi connectivity index (χ2v) is 7.44. The van der Waals surface area contributed by atoms with Crippen LogP contribution < -0.4 is 5.32 Å². The number of carbonyl (C=O) groups excluding carboxylic acids is 1. The first-order chi connectivity index (χ1) is 13.6. The van der Waals surface area contributed by atoms with Crippen LogP contribution in [-0.2, 0) is 11.3 Å². The standard InChI is InChI=1S/C22H26N4O2/c1-16-14-17(2)26(24-16)19-10-8-18(9-11-19)23-22(27)21-7-3-4-12-25(21)15-20-6-5-13-28-20/h5-6,8-11,13-14,21H,3-4,7,12,15H2,1-2H3,(H,23,27)/t21-/m0/s1. The van der Waals surface area contributed by atoms with E-state index in [0.717, 1.165) is 54.3 Å². The number of piperidine rings is 1. The normalized spacial score (nSPS) is 17.6. The first kappa shape index (κ1) is 18.5. The average Bonchev–Trinajstić information content (AvgIpc) is 3.32. The van der Waals surface area contributed by atoms with Crippen molar-refractivity contribution in [2.45, 2.75) is 45.7 Å². The first-order valence-corrected chi connectivity index (χ1v) is 9.81. The highest BCUT2D eigenvalue weighted by molar-refractivity contribution is 5.95. The number of aryl methyl sites for hydroxylation is 2. The lowest BCUT2D eigenvalue weighted by Crippen LogP contribution is -2.46. The predicted octanol–water partition coefficient (Wildman–Crippen LogP) is 4.08. The summed E-state index contributed by atoms with van der Waals surface area (Å²) in [6, 6.07) is 13.6. The zero-order valence-corrected chi connectivity index (χ0v) is 16.4. The van der Waals surface area contributed by atoms with E-state index >= 15 is 0 Å². The molecule has 1 atom stereocenters. The minimum atomic E-state index is -0.130. The van der Waals surface area contributed by atoms with Gasteiger partial charge in [-0.2, -0.15) is 5.10 Å². The summed E-state index contributed by atoms with van der Waals surface area (Å²) in [5.41, 5.74) is 3.87. The number of furan rings is 1. The Morgan fingerprint density at radius 3 is 2.71 bits per heavy atom. The van der Waals surface area contributed by atoms with Gasteiger partial charge in [0.2, 0.25) is 5.91 Å². The van der Waals surface area contributed by atoms with Gasteiger partial charge in [-0.1, -0.05) is 6.42 Å². The molecule has 1 amide bonds. The lowest BCUT2D eigenvalue weighted by Gasteiger charge is -2.34. The van der Waals surface area contributed by atoms with E-state index in [2.05, 4.69) is 15.3 Å². The van der Waals surface area contributed by atoms with Crippen molar-refractivity contribution in [1.82, 2.24) is 14.7 Å². The number of anilines is 1. The van der Waals surface area contributed by atoms with Crippen molar-refractivity contribution >= 4 is 11.6 Å². The molecule has 1 aliphatic heterocycles. The lowest BCUT2D eigenvalue weighted by atomic mass is 10.0. The van der Waals surface area contributed by atoms with E-state index in [9.17, 15) is 4.79 Å². The van der Waals surface area contributed by atoms with Gasteiger partial charge in [-0.25, -0.2) is 4.68 Å². The molecule has 2 aromatic heterocycles. The Labute approximate surface area is 165 Å². The van der Waals surface area contributed by atoms with Crippen LogP contribution in [-0.4, -0.2) is 33.2 Å². The van der Waals surface area contributed by atoms with Crippen LogP contribution in [0.5, 0.6) is 0 Å². The summed E-state index contributed by atoms with van der Waals surface area (Å²) in [6.45, 7) is 5.60. The number of hydrogen-bond donors (Lipinski definition) is 1. The zero-order valence-electron chi connectivity index (χ0n) is 16.4. The molecule has 0 unspecified atom stereocenters. The van der Waals surface area contributed by atoms with Crippen molar-refractivity contribution < 1.29 is 9.21 Å². The van der Waals surface area contributed by atoms with Gasteiger partial charge < -0.3 is 9.73 Å². The number of benzene rings is 1. The van der Waals surface area contributed by atoms with Crippen molar-refractivity contribution in [3.63, 3.8) is 0 Å². The van der Waals surface area contributed by atoms with Crippen LogP contribution in [0.25, 0.3) is 5.69 Å². The van der Waals surface area contributed by atoms with Crippen molar-refractivity contribution in [2.24, 2.45) is 0 Å². The van der Waals surface area contributed by atoms with Gasteiger partial charge in [-0.05, 0) is 75.7 Å². The SMILES string of the molecule is Cc1cc(C)n(-c2ccc(NC(=O)[C@@H]3CCCCN3Cc3ccco3)cc2)n1. The minimum Gasteiger partial charge on any atom is -0.468 e. The summed E-state index contributed by atoms with van der Waals surface area (Å²) in [5.74, 6) is 0.944. The maximum atomic E-state index is 12.9. The van der Waals surface area contributed by atoms with E-state index < -0.39 is 0 Å². The Bertz CT molecular complexity index is 928. The number of likely N-dealkylation sites (tertiary alicyclic amines) is 1. The van der Waals surface area contributed by atoms with Crippen molar-refractivity contribution in [1.29, 1.82) is 0 Å². The third-order valence-electron chi connectivity index (χ3n) is 5.24. The lowest BCUT2D eigenvalue weighted by molar-refractivity contribution is -0.122. The summed E-state index contributed by atoms with van der Waals surface area (Å²) >= 11 is 0. The number of nitrogens with zero attached hydrogens (tertiary/aromatic N) is 3. The Kier molecular flexibility index (Phi) is 5.30. The van der Waals surface area contributed by atoms with Gasteiger partial charge in [0.05, 0.1) is 30.2 Å². The van der Waals surface area contributed by atoms with E-state index in [-0.39, 0.29) is 11.9 Å². The molecule has 0 radical (unpaired) electrons. The monoisotopic (exact) mass is 378 g/mol. The maximum absolute atomic E-state index is 12.9. The predicted molar refractivity (Wildman–Crippen MR) is 108 cm³/mol. The molecule has 1 N–H and O–H groups in total. The van der Waals surface area contributed by atoms with Crippen LogP contribution in [0.3, 0.4) is 0 Å². The van der Waals surface area contributed by atoms with E-state index in [4.69, 9.17) is 4.42 Å². The fraction of sp³-hybridized carbons (Fsp3) is 0.364. The van der Waals surface area contributed by atoms with Gasteiger partial charge >= 0.3 is 0 Å². The number of amides is 1. The number of nitrogens with one attached hydrogen (secondary N) is 1. The van der Waals surface area contributed by atoms with Crippen molar-refractivity contribution in [3.05, 3.63) is 65.9 Å². The highest BCUT2D eigenvalue weighted by Gasteiger charge is 2.29. The van der Waals surface area contributed by atoms with Crippen LogP contribution >= 0.6 is 0 Å². The topological polar surface area (TPSA) is 63.3 Å². The molecular weight excluding hydrogens is 352 g/mol. The molecule has 1 aromatic carbocycles. The first-order valence-electron chi connectivity index (χ1n) is 9.81. The molecule has 146 valence electrons. The van der Waals surface area contributed by atoms with Crippen LogP contribution in [0.4, 0.5) is 5.69 Å². The van der Waals surface area contributed by atoms with Crippen LogP contribution in [0.1, 0.15) is 36.4 Å². The largest absolute Gasteiger partial charge is 0.468 e. The molecule has 0 aliphatic carbocycles. The molecule has 0 saturated carbocycles. The summed E-state index contributed by atoms with van der Waals surface area (Å²) in [5, 5.41) is 7.58. The smallest absolute Gasteiger partial charge is 0.241 e. The molecule has 1 aliphatic rings. The van der Waals surface area contributed by atoms with Crippen molar-refractivity contribution in [2.75, 3.05) is 11.9 Å². The second-order valence-electron chi connectivity index (χ2n) is 7.44. The van der Waals surface area contributed by atoms with E-state index in [1.165, 1.54) is 0 Å². The summed E-state index contributed by atoms with van der Waals surface area (Å²) < 4.78 is 7.38. The molecule has 1 saturated heterocycles. The number of carbonyl (C=O) groups is 1. The van der Waals surface area contributed by atoms with Gasteiger partial charge in [0.25, 0.3) is 0 Å². The molecule has 3 aromatic rings. The molecule has 6 nitrogen and oxygen atoms in total. The number of aromatic nitrogens is 2. The van der Waals surface area contributed by atoms with Crippen molar-refractivity contribution in [3.8, 4) is 5.69 Å². The minimum absolute atomic E-state index is 0.0464. The molecular formula is C22H26N4O2. The van der Waals surface area contributed by atoms with Crippen LogP contribution in [0, 0.1) is 13.8 Å². The molecule has 28 heavy (non-hydrogen) atoms. The van der Waals surface area contributed by atoms with Gasteiger partial charge in [0.1, 0.15) is 5.76 Å². The van der Waals surface area contributed by atoms with Crippen LogP contribution in [0.15, 0.2) is 53.1 Å². The van der Waals surface area contributed by atoms with Gasteiger partial charge in [-0.15, -0.1) is 0 Å². The van der Waals surface area contributed by atoms with Gasteiger partial charge in [0, 0.05) is 11.4 Å². The third-order valence-corrected chi connectivity index (χ3v) is 5.24. The second kappa shape index (κ2) is 8.02. The van der Waals surface area contributed by atoms with Gasteiger partial charge in [-0.3, -0.25) is 9.69 Å². The fourth-order valence-corrected chi connectivity index (χ4v) is 3.88. The van der Waals surface area contributed by atoms with E-state index in [1.54, 1.807) is 6.26 Å². The Hall–Kier alpha value is -2.86. The fourth-order valence-electron chi connectivity index (χ4n) is 3.88. The average molecular weight is 378 g/mol. The van der Waals surface area contributed by atoms with E-state index in [1.807, 2.05) is 61.0 Å². The highest BCUT2D eigenvalue weighted by atomic mass is 16.3. The molecule has 0 spiro atoms. The summed E-state index contributed by atoms with van der Waals surface area (Å²) in [7, 11) is 0. The quantitative estimate of drug-likeness (QED) is 0.727. The summed E-state index contributed by atoms with van der Waals surface area (Å²) in [4.78, 5) is 15.1. The Morgan fingerprint density at radius 2 is 2.04 bits per heavy atom.